The van der Waals surface area contributed by atoms with Gasteiger partial charge in [0.05, 0.1) is 0 Å². The van der Waals surface area contributed by atoms with Gasteiger partial charge in [-0.1, -0.05) is 29.8 Å². The van der Waals surface area contributed by atoms with Crippen LogP contribution in [0.1, 0.15) is 0 Å². The number of hydrogen-bond donors (Lipinski definition) is 0. The van der Waals surface area contributed by atoms with Gasteiger partial charge in [0.1, 0.15) is 10.1 Å². The molecule has 0 aromatic carbocycles. The standard InChI is InChI=1S/C7H4Cl2O4/c1-2-3(10)12-7-5(9)4(8)6(11)13-7/h2,7H,1H2. The number of carbonyl (C=O) groups excluding carboxylic acids is 2. The van der Waals surface area contributed by atoms with Crippen LogP contribution < -0.4 is 0 Å². The molecule has 1 rings (SSSR count). The highest BCUT2D eigenvalue weighted by Crippen LogP contribution is 2.29. The van der Waals surface area contributed by atoms with E-state index in [9.17, 15) is 9.59 Å². The summed E-state index contributed by atoms with van der Waals surface area (Å²) < 4.78 is 9.03. The molecule has 1 atom stereocenters. The average molecular weight is 223 g/mol. The first-order valence-corrected chi connectivity index (χ1v) is 3.91. The van der Waals surface area contributed by atoms with Gasteiger partial charge < -0.3 is 9.47 Å². The molecule has 0 aromatic heterocycles. The summed E-state index contributed by atoms with van der Waals surface area (Å²) in [5, 5.41) is -0.412. The van der Waals surface area contributed by atoms with E-state index in [1.165, 1.54) is 0 Å². The number of cyclic esters (lactones) is 1. The van der Waals surface area contributed by atoms with E-state index >= 15 is 0 Å². The summed E-state index contributed by atoms with van der Waals surface area (Å²) in [7, 11) is 0. The maximum Gasteiger partial charge on any atom is 0.354 e. The Labute approximate surface area is 83.7 Å². The first kappa shape index (κ1) is 10.1. The molecule has 0 fully saturated rings. The van der Waals surface area contributed by atoms with Crippen molar-refractivity contribution in [3.8, 4) is 0 Å². The molecule has 0 aromatic rings. The highest BCUT2D eigenvalue weighted by Gasteiger charge is 2.34. The predicted molar refractivity (Wildman–Crippen MR) is 44.9 cm³/mol. The number of rotatable bonds is 2. The van der Waals surface area contributed by atoms with Crippen molar-refractivity contribution >= 4 is 35.1 Å². The van der Waals surface area contributed by atoms with Crippen molar-refractivity contribution < 1.29 is 19.1 Å². The zero-order chi connectivity index (χ0) is 10.0. The Morgan fingerprint density at radius 2 is 2.23 bits per heavy atom. The molecule has 0 amide bonds. The summed E-state index contributed by atoms with van der Waals surface area (Å²) in [6, 6.07) is 0. The smallest absolute Gasteiger partial charge is 0.354 e. The molecule has 1 heterocycles. The van der Waals surface area contributed by atoms with Crippen molar-refractivity contribution in [1.29, 1.82) is 0 Å². The number of ether oxygens (including phenoxy) is 2. The van der Waals surface area contributed by atoms with Crippen LogP contribution in [0.3, 0.4) is 0 Å². The normalized spacial score (nSPS) is 21.4. The van der Waals surface area contributed by atoms with E-state index in [-0.39, 0.29) is 10.1 Å². The minimum atomic E-state index is -1.24. The van der Waals surface area contributed by atoms with Crippen LogP contribution in [0.4, 0.5) is 0 Å². The molecule has 70 valence electrons. The van der Waals surface area contributed by atoms with Gasteiger partial charge in [-0.3, -0.25) is 0 Å². The van der Waals surface area contributed by atoms with Crippen LogP contribution in [0.5, 0.6) is 0 Å². The first-order chi connectivity index (χ1) is 6.06. The Morgan fingerprint density at radius 1 is 1.62 bits per heavy atom. The molecule has 0 bridgehead atoms. The molecule has 0 radical (unpaired) electrons. The van der Waals surface area contributed by atoms with Crippen LogP contribution >= 0.6 is 23.2 Å². The maximum absolute atomic E-state index is 10.8. The topological polar surface area (TPSA) is 52.6 Å². The third kappa shape index (κ3) is 2.02. The lowest BCUT2D eigenvalue weighted by Gasteiger charge is -2.08. The van der Waals surface area contributed by atoms with Crippen LogP contribution in [0, 0.1) is 0 Å². The molecule has 13 heavy (non-hydrogen) atoms. The maximum atomic E-state index is 10.8. The quantitative estimate of drug-likeness (QED) is 0.522. The molecule has 0 spiro atoms. The average Bonchev–Trinajstić information content (AvgIpc) is 2.34. The van der Waals surface area contributed by atoms with E-state index in [4.69, 9.17) is 23.2 Å². The van der Waals surface area contributed by atoms with Crippen LogP contribution in [0.15, 0.2) is 22.7 Å². The molecule has 0 saturated heterocycles. The fourth-order valence-electron chi connectivity index (χ4n) is 0.631. The second-order valence-corrected chi connectivity index (χ2v) is 2.83. The van der Waals surface area contributed by atoms with Crippen LogP contribution in [-0.4, -0.2) is 18.2 Å². The summed E-state index contributed by atoms with van der Waals surface area (Å²) in [6.07, 6.45) is -0.323. The molecule has 1 aliphatic rings. The van der Waals surface area contributed by atoms with Gasteiger partial charge >= 0.3 is 11.9 Å². The van der Waals surface area contributed by atoms with E-state index in [2.05, 4.69) is 16.1 Å². The Morgan fingerprint density at radius 3 is 2.62 bits per heavy atom. The third-order valence-corrected chi connectivity index (χ3v) is 2.02. The van der Waals surface area contributed by atoms with Crippen molar-refractivity contribution in [2.75, 3.05) is 0 Å². The van der Waals surface area contributed by atoms with Gasteiger partial charge in [0.25, 0.3) is 6.29 Å². The largest absolute Gasteiger partial charge is 0.416 e. The Bertz CT molecular complexity index is 308. The SMILES string of the molecule is C=CC(=O)OC1OC(=O)C(Cl)=C1Cl. The highest BCUT2D eigenvalue weighted by atomic mass is 35.5. The summed E-state index contributed by atoms with van der Waals surface area (Å²) in [5.41, 5.74) is 0. The molecular weight excluding hydrogens is 219 g/mol. The van der Waals surface area contributed by atoms with E-state index < -0.39 is 18.2 Å². The number of hydrogen-bond acceptors (Lipinski definition) is 4. The fraction of sp³-hybridized carbons (Fsp3) is 0.143. The monoisotopic (exact) mass is 222 g/mol. The number of halogens is 2. The van der Waals surface area contributed by atoms with Gasteiger partial charge in [0.2, 0.25) is 0 Å². The van der Waals surface area contributed by atoms with Gasteiger partial charge in [0.15, 0.2) is 0 Å². The van der Waals surface area contributed by atoms with Gasteiger partial charge in [-0.05, 0) is 0 Å². The molecule has 0 aliphatic carbocycles. The summed E-state index contributed by atoms with van der Waals surface area (Å²) in [4.78, 5) is 21.4. The molecule has 4 nitrogen and oxygen atoms in total. The lowest BCUT2D eigenvalue weighted by atomic mass is 10.5. The van der Waals surface area contributed by atoms with Gasteiger partial charge in [-0.2, -0.15) is 0 Å². The number of esters is 2. The van der Waals surface area contributed by atoms with Gasteiger partial charge in [0, 0.05) is 6.08 Å². The Balaban J connectivity index is 2.71. The van der Waals surface area contributed by atoms with E-state index in [1.807, 2.05) is 0 Å². The van der Waals surface area contributed by atoms with Crippen LogP contribution in [0.25, 0.3) is 0 Å². The lowest BCUT2D eigenvalue weighted by molar-refractivity contribution is -0.169. The Hall–Kier alpha value is -1.00. The zero-order valence-electron chi connectivity index (χ0n) is 6.25. The van der Waals surface area contributed by atoms with Crippen molar-refractivity contribution in [2.24, 2.45) is 0 Å². The van der Waals surface area contributed by atoms with Crippen molar-refractivity contribution in [2.45, 2.75) is 6.29 Å². The predicted octanol–water partition coefficient (Wildman–Crippen LogP) is 1.29. The number of carbonyl (C=O) groups is 2. The zero-order valence-corrected chi connectivity index (χ0v) is 7.76. The van der Waals surface area contributed by atoms with Gasteiger partial charge in [-0.25, -0.2) is 9.59 Å². The second-order valence-electron chi connectivity index (χ2n) is 2.04. The van der Waals surface area contributed by atoms with E-state index in [0.29, 0.717) is 0 Å². The van der Waals surface area contributed by atoms with Crippen LogP contribution in [0.2, 0.25) is 0 Å². The molecule has 1 unspecified atom stereocenters. The first-order valence-electron chi connectivity index (χ1n) is 3.15. The summed E-state index contributed by atoms with van der Waals surface area (Å²) in [5.74, 6) is -1.56. The van der Waals surface area contributed by atoms with Crippen LogP contribution in [-0.2, 0) is 19.1 Å². The molecule has 6 heteroatoms. The fourth-order valence-corrected chi connectivity index (χ4v) is 0.931. The highest BCUT2D eigenvalue weighted by molar-refractivity contribution is 6.48. The lowest BCUT2D eigenvalue weighted by Crippen LogP contribution is -2.17. The third-order valence-electron chi connectivity index (χ3n) is 1.20. The summed E-state index contributed by atoms with van der Waals surface area (Å²) in [6.45, 7) is 3.16. The van der Waals surface area contributed by atoms with Crippen molar-refractivity contribution in [3.05, 3.63) is 22.7 Å². The second kappa shape index (κ2) is 3.81. The summed E-state index contributed by atoms with van der Waals surface area (Å²) >= 11 is 10.9. The van der Waals surface area contributed by atoms with E-state index in [1.54, 1.807) is 0 Å². The van der Waals surface area contributed by atoms with E-state index in [0.717, 1.165) is 6.08 Å². The van der Waals surface area contributed by atoms with Gasteiger partial charge in [-0.15, -0.1) is 0 Å². The molecule has 0 N–H and O–H groups in total. The van der Waals surface area contributed by atoms with Crippen molar-refractivity contribution in [1.82, 2.24) is 0 Å². The Kier molecular flexibility index (Phi) is 2.95. The molecule has 1 aliphatic heterocycles. The molecule has 0 saturated carbocycles. The minimum absolute atomic E-state index is 0.137. The molecular formula is C7H4Cl2O4. The van der Waals surface area contributed by atoms with Crippen molar-refractivity contribution in [3.63, 3.8) is 0 Å². The minimum Gasteiger partial charge on any atom is -0.416 e.